The van der Waals surface area contributed by atoms with Gasteiger partial charge in [0.05, 0.1) is 11.5 Å². The fourth-order valence-corrected chi connectivity index (χ4v) is 4.69. The molecular formula is C14H16BrNO3S2. The van der Waals surface area contributed by atoms with Crippen LogP contribution in [0, 0.1) is 6.92 Å². The quantitative estimate of drug-likeness (QED) is 0.854. The van der Waals surface area contributed by atoms with Crippen LogP contribution in [0.15, 0.2) is 39.0 Å². The zero-order chi connectivity index (χ0) is 15.6. The molecule has 0 bridgehead atoms. The normalized spacial score (nSPS) is 12.0. The number of sulfonamides is 1. The molecule has 21 heavy (non-hydrogen) atoms. The molecule has 0 spiro atoms. The lowest BCUT2D eigenvalue weighted by molar-refractivity contribution is 0.280. The Bertz CT molecular complexity index is 740. The molecule has 2 aromatic rings. The number of nitrogens with zero attached hydrogens (tertiary/aromatic N) is 1. The van der Waals surface area contributed by atoms with Crippen LogP contribution in [-0.4, -0.2) is 24.9 Å². The molecular weight excluding hydrogens is 374 g/mol. The van der Waals surface area contributed by atoms with E-state index in [4.69, 9.17) is 0 Å². The van der Waals surface area contributed by atoms with E-state index in [1.54, 1.807) is 19.2 Å². The molecule has 114 valence electrons. The molecule has 1 N–H and O–H groups in total. The minimum atomic E-state index is -3.56. The Morgan fingerprint density at radius 3 is 2.62 bits per heavy atom. The number of thiophene rings is 1. The predicted octanol–water partition coefficient (Wildman–Crippen LogP) is 3.13. The molecule has 0 unspecified atom stereocenters. The van der Waals surface area contributed by atoms with Crippen LogP contribution < -0.4 is 0 Å². The average molecular weight is 390 g/mol. The Hall–Kier alpha value is -0.730. The van der Waals surface area contributed by atoms with Crippen molar-refractivity contribution in [2.75, 3.05) is 7.05 Å². The van der Waals surface area contributed by atoms with Crippen LogP contribution in [0.5, 0.6) is 0 Å². The van der Waals surface area contributed by atoms with Gasteiger partial charge in [-0.3, -0.25) is 0 Å². The standard InChI is InChI=1S/C14H16BrNO3S2/c1-10-3-4-14(5-11(10)8-17)21(18,19)16(2)7-13-6-12(15)9-20-13/h3-6,9,17H,7-8H2,1-2H3. The van der Waals surface area contributed by atoms with E-state index < -0.39 is 10.0 Å². The highest BCUT2D eigenvalue weighted by atomic mass is 79.9. The number of aliphatic hydroxyl groups is 1. The molecule has 0 aliphatic carbocycles. The van der Waals surface area contributed by atoms with Gasteiger partial charge >= 0.3 is 0 Å². The molecule has 0 saturated heterocycles. The van der Waals surface area contributed by atoms with E-state index in [2.05, 4.69) is 15.9 Å². The lowest BCUT2D eigenvalue weighted by Gasteiger charge is -2.17. The first kappa shape index (κ1) is 16.6. The molecule has 0 aliphatic rings. The van der Waals surface area contributed by atoms with Crippen molar-refractivity contribution in [1.29, 1.82) is 0 Å². The molecule has 1 aromatic carbocycles. The minimum absolute atomic E-state index is 0.170. The molecule has 1 heterocycles. The zero-order valence-corrected chi connectivity index (χ0v) is 14.9. The summed E-state index contributed by atoms with van der Waals surface area (Å²) in [6.45, 7) is 1.99. The summed E-state index contributed by atoms with van der Waals surface area (Å²) in [5, 5.41) is 11.2. The van der Waals surface area contributed by atoms with Crippen molar-refractivity contribution in [3.05, 3.63) is 50.1 Å². The summed E-state index contributed by atoms with van der Waals surface area (Å²) in [6.07, 6.45) is 0. The number of halogens is 1. The molecule has 0 radical (unpaired) electrons. The van der Waals surface area contributed by atoms with Gasteiger partial charge in [-0.2, -0.15) is 4.31 Å². The van der Waals surface area contributed by atoms with E-state index in [9.17, 15) is 13.5 Å². The Kier molecular flexibility index (Phi) is 5.21. The summed E-state index contributed by atoms with van der Waals surface area (Å²) in [5.74, 6) is 0. The van der Waals surface area contributed by atoms with E-state index in [1.807, 2.05) is 18.4 Å². The van der Waals surface area contributed by atoms with Gasteiger partial charge in [0.25, 0.3) is 0 Å². The molecule has 1 aromatic heterocycles. The number of rotatable bonds is 5. The van der Waals surface area contributed by atoms with Crippen LogP contribution in [0.2, 0.25) is 0 Å². The SMILES string of the molecule is Cc1ccc(S(=O)(=O)N(C)Cc2cc(Br)cs2)cc1CO. The Morgan fingerprint density at radius 2 is 2.05 bits per heavy atom. The lowest BCUT2D eigenvalue weighted by Crippen LogP contribution is -2.26. The number of hydrogen-bond acceptors (Lipinski definition) is 4. The Morgan fingerprint density at radius 1 is 1.33 bits per heavy atom. The van der Waals surface area contributed by atoms with Crippen LogP contribution in [0.1, 0.15) is 16.0 Å². The summed E-state index contributed by atoms with van der Waals surface area (Å²) in [5.41, 5.74) is 1.50. The molecule has 7 heteroatoms. The molecule has 0 saturated carbocycles. The maximum Gasteiger partial charge on any atom is 0.243 e. The Labute approximate surface area is 137 Å². The maximum atomic E-state index is 12.6. The van der Waals surface area contributed by atoms with Gasteiger partial charge in [-0.25, -0.2) is 8.42 Å². The fourth-order valence-electron chi connectivity index (χ4n) is 1.90. The highest BCUT2D eigenvalue weighted by molar-refractivity contribution is 9.10. The van der Waals surface area contributed by atoms with Gasteiger partial charge in [-0.05, 0) is 52.2 Å². The van der Waals surface area contributed by atoms with Crippen LogP contribution >= 0.6 is 27.3 Å². The van der Waals surface area contributed by atoms with Gasteiger partial charge in [0.1, 0.15) is 0 Å². The lowest BCUT2D eigenvalue weighted by atomic mass is 10.1. The number of aryl methyl sites for hydroxylation is 1. The van der Waals surface area contributed by atoms with Gasteiger partial charge in [0, 0.05) is 28.3 Å². The molecule has 2 rings (SSSR count). The third-order valence-electron chi connectivity index (χ3n) is 3.20. The van der Waals surface area contributed by atoms with Crippen LogP contribution in [0.4, 0.5) is 0 Å². The first-order chi connectivity index (χ1) is 9.84. The third-order valence-corrected chi connectivity index (χ3v) is 6.68. The topological polar surface area (TPSA) is 57.6 Å². The smallest absolute Gasteiger partial charge is 0.243 e. The van der Waals surface area contributed by atoms with Crippen LogP contribution in [0.25, 0.3) is 0 Å². The van der Waals surface area contributed by atoms with E-state index in [-0.39, 0.29) is 11.5 Å². The Balaban J connectivity index is 2.28. The average Bonchev–Trinajstić information content (AvgIpc) is 2.84. The summed E-state index contributed by atoms with van der Waals surface area (Å²) in [6, 6.07) is 6.73. The minimum Gasteiger partial charge on any atom is -0.392 e. The van der Waals surface area contributed by atoms with E-state index >= 15 is 0 Å². The van der Waals surface area contributed by atoms with E-state index in [1.165, 1.54) is 21.7 Å². The monoisotopic (exact) mass is 389 g/mol. The van der Waals surface area contributed by atoms with E-state index in [0.29, 0.717) is 12.1 Å². The first-order valence-electron chi connectivity index (χ1n) is 6.24. The number of hydrogen-bond donors (Lipinski definition) is 1. The summed E-state index contributed by atoms with van der Waals surface area (Å²) in [7, 11) is -2.01. The maximum absolute atomic E-state index is 12.6. The highest BCUT2D eigenvalue weighted by Gasteiger charge is 2.22. The first-order valence-corrected chi connectivity index (χ1v) is 9.35. The largest absolute Gasteiger partial charge is 0.392 e. The van der Waals surface area contributed by atoms with E-state index in [0.717, 1.165) is 14.9 Å². The molecule has 0 atom stereocenters. The van der Waals surface area contributed by atoms with Crippen molar-refractivity contribution < 1.29 is 13.5 Å². The van der Waals surface area contributed by atoms with Crippen molar-refractivity contribution >= 4 is 37.3 Å². The van der Waals surface area contributed by atoms with Gasteiger partial charge in [0.2, 0.25) is 10.0 Å². The summed E-state index contributed by atoms with van der Waals surface area (Å²) in [4.78, 5) is 1.16. The number of benzene rings is 1. The van der Waals surface area contributed by atoms with Crippen molar-refractivity contribution in [3.8, 4) is 0 Å². The highest BCUT2D eigenvalue weighted by Crippen LogP contribution is 2.24. The van der Waals surface area contributed by atoms with Gasteiger partial charge < -0.3 is 5.11 Å². The summed E-state index contributed by atoms with van der Waals surface area (Å²) < 4.78 is 27.4. The fraction of sp³-hybridized carbons (Fsp3) is 0.286. The second-order valence-corrected chi connectivity index (χ2v) is 8.70. The second kappa shape index (κ2) is 6.58. The molecule has 0 amide bonds. The van der Waals surface area contributed by atoms with Gasteiger partial charge in [-0.1, -0.05) is 6.07 Å². The van der Waals surface area contributed by atoms with Crippen molar-refractivity contribution in [2.24, 2.45) is 0 Å². The molecule has 0 fully saturated rings. The van der Waals surface area contributed by atoms with Crippen molar-refractivity contribution in [2.45, 2.75) is 25.0 Å². The van der Waals surface area contributed by atoms with Crippen molar-refractivity contribution in [3.63, 3.8) is 0 Å². The second-order valence-electron chi connectivity index (χ2n) is 4.74. The third kappa shape index (κ3) is 3.73. The number of aliphatic hydroxyl groups excluding tert-OH is 1. The van der Waals surface area contributed by atoms with Crippen molar-refractivity contribution in [1.82, 2.24) is 4.31 Å². The van der Waals surface area contributed by atoms with Crippen LogP contribution in [0.3, 0.4) is 0 Å². The van der Waals surface area contributed by atoms with Gasteiger partial charge in [-0.15, -0.1) is 11.3 Å². The zero-order valence-electron chi connectivity index (χ0n) is 11.7. The predicted molar refractivity (Wildman–Crippen MR) is 87.8 cm³/mol. The van der Waals surface area contributed by atoms with Crippen LogP contribution in [-0.2, 0) is 23.2 Å². The molecule has 0 aliphatic heterocycles. The van der Waals surface area contributed by atoms with Gasteiger partial charge in [0.15, 0.2) is 0 Å². The summed E-state index contributed by atoms with van der Waals surface area (Å²) >= 11 is 4.87. The molecule has 4 nitrogen and oxygen atoms in total.